The molecule has 0 atom stereocenters. The van der Waals surface area contributed by atoms with Crippen molar-refractivity contribution in [1.82, 2.24) is 0 Å². The van der Waals surface area contributed by atoms with Crippen LogP contribution in [0.3, 0.4) is 0 Å². The Hall–Kier alpha value is -2.04. The Kier molecular flexibility index (Phi) is 6.63. The lowest BCUT2D eigenvalue weighted by Crippen LogP contribution is -2.16. The zero-order valence-electron chi connectivity index (χ0n) is 16.3. The zero-order chi connectivity index (χ0) is 20.3. The van der Waals surface area contributed by atoms with Crippen LogP contribution >= 0.6 is 0 Å². The van der Waals surface area contributed by atoms with Crippen molar-refractivity contribution in [1.29, 1.82) is 0 Å². The first kappa shape index (κ1) is 20.7. The normalized spacial score (nSPS) is 19.6. The molecule has 0 unspecified atom stereocenters. The van der Waals surface area contributed by atoms with E-state index < -0.39 is 23.3 Å². The third kappa shape index (κ3) is 4.18. The molecule has 3 rings (SSSR count). The standard InChI is InChI=1S/C23H26F4O/c1-3-15-10-11-17(21(25)20(15)24)9-6-14-4-7-16(8-5-14)18-12-13-19(28-2)23(27)22(18)26/h10-14,16H,3-9H2,1-2H3. The maximum atomic E-state index is 14.3. The van der Waals surface area contributed by atoms with Crippen LogP contribution in [0.2, 0.25) is 0 Å². The summed E-state index contributed by atoms with van der Waals surface area (Å²) in [7, 11) is 1.31. The summed E-state index contributed by atoms with van der Waals surface area (Å²) in [6, 6.07) is 6.41. The van der Waals surface area contributed by atoms with Gasteiger partial charge >= 0.3 is 0 Å². The molecule has 2 aromatic rings. The first-order chi connectivity index (χ1) is 13.5. The highest BCUT2D eigenvalue weighted by molar-refractivity contribution is 5.33. The van der Waals surface area contributed by atoms with E-state index in [2.05, 4.69) is 0 Å². The van der Waals surface area contributed by atoms with Crippen molar-refractivity contribution < 1.29 is 22.3 Å². The van der Waals surface area contributed by atoms with Crippen LogP contribution < -0.4 is 4.74 Å². The van der Waals surface area contributed by atoms with Gasteiger partial charge in [-0.25, -0.2) is 13.2 Å². The molecule has 0 aliphatic heterocycles. The van der Waals surface area contributed by atoms with Crippen LogP contribution in [-0.4, -0.2) is 7.11 Å². The minimum absolute atomic E-state index is 0.0188. The molecular weight excluding hydrogens is 368 g/mol. The van der Waals surface area contributed by atoms with E-state index in [1.165, 1.54) is 13.2 Å². The Morgan fingerprint density at radius 3 is 2.11 bits per heavy atom. The molecule has 1 nitrogen and oxygen atoms in total. The fourth-order valence-electron chi connectivity index (χ4n) is 4.24. The molecule has 5 heteroatoms. The quantitative estimate of drug-likeness (QED) is 0.494. The van der Waals surface area contributed by atoms with Crippen molar-refractivity contribution in [3.8, 4) is 5.75 Å². The number of halogens is 4. The van der Waals surface area contributed by atoms with Gasteiger partial charge in [-0.15, -0.1) is 0 Å². The fraction of sp³-hybridized carbons (Fsp3) is 0.478. The molecule has 0 heterocycles. The number of ether oxygens (including phenoxy) is 1. The molecule has 152 valence electrons. The first-order valence-corrected chi connectivity index (χ1v) is 9.93. The summed E-state index contributed by atoms with van der Waals surface area (Å²) in [5.41, 5.74) is 1.22. The lowest BCUT2D eigenvalue weighted by Gasteiger charge is -2.29. The predicted molar refractivity (Wildman–Crippen MR) is 102 cm³/mol. The van der Waals surface area contributed by atoms with E-state index in [1.807, 2.05) is 0 Å². The molecule has 0 bridgehead atoms. The van der Waals surface area contributed by atoms with Gasteiger partial charge in [0, 0.05) is 0 Å². The Morgan fingerprint density at radius 2 is 1.46 bits per heavy atom. The zero-order valence-corrected chi connectivity index (χ0v) is 16.3. The average molecular weight is 394 g/mol. The summed E-state index contributed by atoms with van der Waals surface area (Å²) in [5, 5.41) is 0. The highest BCUT2D eigenvalue weighted by atomic mass is 19.2. The molecule has 1 aliphatic rings. The molecule has 0 radical (unpaired) electrons. The maximum Gasteiger partial charge on any atom is 0.200 e. The van der Waals surface area contributed by atoms with Crippen LogP contribution in [0.25, 0.3) is 0 Å². The van der Waals surface area contributed by atoms with Crippen molar-refractivity contribution in [3.63, 3.8) is 0 Å². The Bertz CT molecular complexity index is 826. The van der Waals surface area contributed by atoms with E-state index in [9.17, 15) is 17.6 Å². The lowest BCUT2D eigenvalue weighted by molar-refractivity contribution is 0.302. The van der Waals surface area contributed by atoms with Crippen LogP contribution in [0, 0.1) is 29.2 Å². The Morgan fingerprint density at radius 1 is 0.821 bits per heavy atom. The molecule has 0 saturated heterocycles. The molecule has 1 aliphatic carbocycles. The van der Waals surface area contributed by atoms with E-state index in [1.54, 1.807) is 25.1 Å². The Labute approximate surface area is 163 Å². The number of rotatable bonds is 6. The number of benzene rings is 2. The van der Waals surface area contributed by atoms with E-state index in [4.69, 9.17) is 4.74 Å². The van der Waals surface area contributed by atoms with Crippen LogP contribution in [0.5, 0.6) is 5.75 Å². The lowest BCUT2D eigenvalue weighted by atomic mass is 9.76. The summed E-state index contributed by atoms with van der Waals surface area (Å²) in [6.07, 6.45) is 5.00. The van der Waals surface area contributed by atoms with E-state index in [0.29, 0.717) is 35.4 Å². The molecule has 0 N–H and O–H groups in total. The molecule has 28 heavy (non-hydrogen) atoms. The third-order valence-electron chi connectivity index (χ3n) is 6.03. The fourth-order valence-corrected chi connectivity index (χ4v) is 4.24. The molecule has 2 aromatic carbocycles. The molecular formula is C23H26F4O. The number of aryl methyl sites for hydroxylation is 2. The monoisotopic (exact) mass is 394 g/mol. The predicted octanol–water partition coefficient (Wildman–Crippen LogP) is 6.72. The van der Waals surface area contributed by atoms with Crippen molar-refractivity contribution in [2.45, 2.75) is 57.8 Å². The van der Waals surface area contributed by atoms with Crippen molar-refractivity contribution >= 4 is 0 Å². The van der Waals surface area contributed by atoms with Gasteiger partial charge in [0.05, 0.1) is 7.11 Å². The second kappa shape index (κ2) is 8.97. The van der Waals surface area contributed by atoms with Crippen molar-refractivity contribution in [2.24, 2.45) is 5.92 Å². The van der Waals surface area contributed by atoms with Crippen LogP contribution in [0.4, 0.5) is 17.6 Å². The van der Waals surface area contributed by atoms with Gasteiger partial charge in [-0.1, -0.05) is 25.1 Å². The van der Waals surface area contributed by atoms with Gasteiger partial charge in [0.1, 0.15) is 0 Å². The SMILES string of the molecule is CCc1ccc(CCC2CCC(c3ccc(OC)c(F)c3F)CC2)c(F)c1F. The topological polar surface area (TPSA) is 9.23 Å². The van der Waals surface area contributed by atoms with E-state index in [0.717, 1.165) is 32.1 Å². The Balaban J connectivity index is 1.58. The summed E-state index contributed by atoms with van der Waals surface area (Å²) in [6.45, 7) is 1.80. The summed E-state index contributed by atoms with van der Waals surface area (Å²) in [5.74, 6) is -2.94. The van der Waals surface area contributed by atoms with Crippen LogP contribution in [-0.2, 0) is 12.8 Å². The van der Waals surface area contributed by atoms with Gasteiger partial charge in [0.15, 0.2) is 23.2 Å². The van der Waals surface area contributed by atoms with Crippen LogP contribution in [0.15, 0.2) is 24.3 Å². The van der Waals surface area contributed by atoms with Gasteiger partial charge in [-0.2, -0.15) is 4.39 Å². The minimum Gasteiger partial charge on any atom is -0.494 e. The highest BCUT2D eigenvalue weighted by Gasteiger charge is 2.26. The number of methoxy groups -OCH3 is 1. The molecule has 0 amide bonds. The maximum absolute atomic E-state index is 14.3. The third-order valence-corrected chi connectivity index (χ3v) is 6.03. The van der Waals surface area contributed by atoms with Gasteiger partial charge in [-0.05, 0) is 79.5 Å². The second-order valence-corrected chi connectivity index (χ2v) is 7.61. The van der Waals surface area contributed by atoms with Gasteiger partial charge in [0.25, 0.3) is 0 Å². The van der Waals surface area contributed by atoms with Crippen molar-refractivity contribution in [2.75, 3.05) is 7.11 Å². The first-order valence-electron chi connectivity index (χ1n) is 9.93. The highest BCUT2D eigenvalue weighted by Crippen LogP contribution is 2.40. The molecule has 1 saturated carbocycles. The summed E-state index contributed by atoms with van der Waals surface area (Å²) in [4.78, 5) is 0. The summed E-state index contributed by atoms with van der Waals surface area (Å²) < 4.78 is 61.2. The molecule has 0 spiro atoms. The summed E-state index contributed by atoms with van der Waals surface area (Å²) >= 11 is 0. The van der Waals surface area contributed by atoms with Crippen LogP contribution in [0.1, 0.15) is 61.6 Å². The largest absolute Gasteiger partial charge is 0.494 e. The van der Waals surface area contributed by atoms with Gasteiger partial charge in [0.2, 0.25) is 5.82 Å². The number of hydrogen-bond acceptors (Lipinski definition) is 1. The van der Waals surface area contributed by atoms with E-state index in [-0.39, 0.29) is 11.7 Å². The second-order valence-electron chi connectivity index (χ2n) is 7.61. The molecule has 0 aromatic heterocycles. The smallest absolute Gasteiger partial charge is 0.200 e. The average Bonchev–Trinajstić information content (AvgIpc) is 2.72. The van der Waals surface area contributed by atoms with E-state index >= 15 is 0 Å². The van der Waals surface area contributed by atoms with Crippen molar-refractivity contribution in [3.05, 3.63) is 64.2 Å². The number of hydrogen-bond donors (Lipinski definition) is 0. The molecule has 1 fully saturated rings. The van der Waals surface area contributed by atoms with Gasteiger partial charge in [-0.3, -0.25) is 0 Å². The van der Waals surface area contributed by atoms with Gasteiger partial charge < -0.3 is 4.74 Å². The minimum atomic E-state index is -0.935.